The van der Waals surface area contributed by atoms with Crippen molar-refractivity contribution in [1.29, 1.82) is 0 Å². The number of amides is 1. The highest BCUT2D eigenvalue weighted by Gasteiger charge is 2.41. The first-order valence-electron chi connectivity index (χ1n) is 13.3. The zero-order chi connectivity index (χ0) is 28.2. The maximum atomic E-state index is 14.8. The second-order valence-corrected chi connectivity index (χ2v) is 11.1. The van der Waals surface area contributed by atoms with Gasteiger partial charge in [0.2, 0.25) is 0 Å². The highest BCUT2D eigenvalue weighted by atomic mass is 19.1. The van der Waals surface area contributed by atoms with Crippen molar-refractivity contribution >= 4 is 5.91 Å². The number of carbonyl (C=O) groups is 1. The molecule has 10 heteroatoms. The molecule has 7 nitrogen and oxygen atoms in total. The zero-order valence-electron chi connectivity index (χ0n) is 22.6. The van der Waals surface area contributed by atoms with Crippen molar-refractivity contribution in [2.45, 2.75) is 64.8 Å². The summed E-state index contributed by atoms with van der Waals surface area (Å²) in [5, 5.41) is 4.61. The first kappa shape index (κ1) is 28.8. The number of rotatable bonds is 10. The minimum atomic E-state index is -0.732. The lowest BCUT2D eigenvalue weighted by Gasteiger charge is -2.41. The van der Waals surface area contributed by atoms with Gasteiger partial charge in [-0.25, -0.2) is 22.8 Å². The molecule has 3 atom stereocenters. The van der Waals surface area contributed by atoms with Crippen LogP contribution < -0.4 is 5.73 Å². The molecule has 0 spiro atoms. The zero-order valence-corrected chi connectivity index (χ0v) is 22.6. The van der Waals surface area contributed by atoms with Crippen molar-refractivity contribution in [2.24, 2.45) is 11.1 Å². The molecule has 39 heavy (non-hydrogen) atoms. The molecule has 1 aromatic heterocycles. The monoisotopic (exact) mass is 543 g/mol. The van der Waals surface area contributed by atoms with Gasteiger partial charge in [-0.1, -0.05) is 51.1 Å². The number of carbonyl (C=O) groups excluding carboxylic acids is 1. The summed E-state index contributed by atoms with van der Waals surface area (Å²) < 4.78 is 49.6. The molecule has 1 aliphatic rings. The minimum absolute atomic E-state index is 0.0113. The van der Waals surface area contributed by atoms with Gasteiger partial charge in [0, 0.05) is 19.2 Å². The largest absolute Gasteiger partial charge is 0.368 e. The summed E-state index contributed by atoms with van der Waals surface area (Å²) in [6.45, 7) is 6.13. The smallest absolute Gasteiger partial charge is 0.252 e. The van der Waals surface area contributed by atoms with Crippen LogP contribution in [0.5, 0.6) is 0 Å². The van der Waals surface area contributed by atoms with Crippen LogP contribution in [0.2, 0.25) is 0 Å². The lowest BCUT2D eigenvalue weighted by Crippen LogP contribution is -2.48. The average molecular weight is 544 g/mol. The molecular formula is C29H36F3N5O2. The highest BCUT2D eigenvalue weighted by Crippen LogP contribution is 2.40. The van der Waals surface area contributed by atoms with Gasteiger partial charge in [-0.3, -0.25) is 4.79 Å². The van der Waals surface area contributed by atoms with Gasteiger partial charge in [0.1, 0.15) is 24.4 Å². The number of nitrogens with zero attached hydrogens (tertiary/aromatic N) is 4. The summed E-state index contributed by atoms with van der Waals surface area (Å²) in [4.78, 5) is 20.2. The van der Waals surface area contributed by atoms with Gasteiger partial charge in [-0.15, -0.1) is 0 Å². The van der Waals surface area contributed by atoms with E-state index >= 15 is 0 Å². The van der Waals surface area contributed by atoms with Crippen molar-refractivity contribution < 1.29 is 22.7 Å². The number of halogens is 3. The van der Waals surface area contributed by atoms with Crippen LogP contribution >= 0.6 is 0 Å². The van der Waals surface area contributed by atoms with E-state index in [0.717, 1.165) is 30.2 Å². The van der Waals surface area contributed by atoms with Gasteiger partial charge in [-0.2, -0.15) is 5.10 Å². The topological polar surface area (TPSA) is 86.3 Å². The fraction of sp³-hybridized carbons (Fsp3) is 0.483. The van der Waals surface area contributed by atoms with E-state index < -0.39 is 41.9 Å². The molecule has 0 bridgehead atoms. The molecule has 4 rings (SSSR count). The fourth-order valence-corrected chi connectivity index (χ4v) is 4.91. The van der Waals surface area contributed by atoms with E-state index in [4.69, 9.17) is 15.5 Å². The molecule has 1 aliphatic heterocycles. The number of nitrogens with two attached hydrogens (primary N) is 1. The van der Waals surface area contributed by atoms with Crippen molar-refractivity contribution in [3.8, 4) is 11.4 Å². The van der Waals surface area contributed by atoms with Crippen molar-refractivity contribution in [3.63, 3.8) is 0 Å². The maximum Gasteiger partial charge on any atom is 0.252 e. The van der Waals surface area contributed by atoms with E-state index in [0.29, 0.717) is 25.4 Å². The molecule has 0 saturated carbocycles. The second-order valence-electron chi connectivity index (χ2n) is 11.1. The maximum absolute atomic E-state index is 14.8. The predicted octanol–water partition coefficient (Wildman–Crippen LogP) is 5.05. The highest BCUT2D eigenvalue weighted by molar-refractivity contribution is 5.81. The molecule has 1 fully saturated rings. The molecule has 210 valence electrons. The molecule has 0 radical (unpaired) electrons. The Hall–Kier alpha value is -3.24. The van der Waals surface area contributed by atoms with Crippen LogP contribution in [0.1, 0.15) is 57.5 Å². The minimum Gasteiger partial charge on any atom is -0.368 e. The third kappa shape index (κ3) is 6.86. The number of hydrogen-bond donors (Lipinski definition) is 1. The Morgan fingerprint density at radius 2 is 1.95 bits per heavy atom. The molecule has 2 aromatic carbocycles. The molecule has 2 N–H and O–H groups in total. The van der Waals surface area contributed by atoms with Crippen LogP contribution in [0.3, 0.4) is 0 Å². The van der Waals surface area contributed by atoms with Crippen LogP contribution in [0.25, 0.3) is 11.4 Å². The number of ether oxygens (including phenoxy) is 1. The molecule has 2 heterocycles. The molecule has 1 amide bonds. The molecule has 1 saturated heterocycles. The Morgan fingerprint density at radius 3 is 2.59 bits per heavy atom. The van der Waals surface area contributed by atoms with Crippen molar-refractivity contribution in [2.75, 3.05) is 19.8 Å². The van der Waals surface area contributed by atoms with E-state index in [2.05, 4.69) is 5.10 Å². The Bertz CT molecular complexity index is 1260. The second kappa shape index (κ2) is 12.3. The Balaban J connectivity index is 1.86. The summed E-state index contributed by atoms with van der Waals surface area (Å²) in [6, 6.07) is 11.3. The third-order valence-corrected chi connectivity index (χ3v) is 6.85. The third-order valence-electron chi connectivity index (χ3n) is 6.85. The molecule has 3 aromatic rings. The summed E-state index contributed by atoms with van der Waals surface area (Å²) in [5.74, 6) is -1.09. The SMILES string of the molecule is CC(C)(C)[C@H](c1nc(-c2cc(F)ccc2F)nn1Cc1ccccc1)N(CCC(N)CF)C(=O)[C@@H]1CCCO1. The fourth-order valence-electron chi connectivity index (χ4n) is 4.91. The lowest BCUT2D eigenvalue weighted by atomic mass is 9.84. The van der Waals surface area contributed by atoms with Gasteiger partial charge in [-0.05, 0) is 48.4 Å². The van der Waals surface area contributed by atoms with Crippen LogP contribution in [0.15, 0.2) is 48.5 Å². The number of aromatic nitrogens is 3. The summed E-state index contributed by atoms with van der Waals surface area (Å²) in [7, 11) is 0. The van der Waals surface area contributed by atoms with Crippen LogP contribution in [0, 0.1) is 17.0 Å². The quantitative estimate of drug-likeness (QED) is 0.387. The van der Waals surface area contributed by atoms with E-state index in [1.165, 1.54) is 0 Å². The van der Waals surface area contributed by atoms with E-state index in [1.54, 1.807) is 9.58 Å². The Labute approximate surface area is 227 Å². The van der Waals surface area contributed by atoms with Gasteiger partial charge >= 0.3 is 0 Å². The number of benzene rings is 2. The number of hydrogen-bond acceptors (Lipinski definition) is 5. The normalized spacial score (nSPS) is 17.3. The van der Waals surface area contributed by atoms with Gasteiger partial charge in [0.25, 0.3) is 5.91 Å². The average Bonchev–Trinajstić information content (AvgIpc) is 3.58. The molecular weight excluding hydrogens is 507 g/mol. The first-order valence-corrected chi connectivity index (χ1v) is 13.3. The van der Waals surface area contributed by atoms with Crippen LogP contribution in [0.4, 0.5) is 13.2 Å². The van der Waals surface area contributed by atoms with E-state index in [-0.39, 0.29) is 30.3 Å². The summed E-state index contributed by atoms with van der Waals surface area (Å²) in [5.41, 5.74) is 6.17. The molecule has 1 unspecified atom stereocenters. The number of alkyl halides is 1. The summed E-state index contributed by atoms with van der Waals surface area (Å²) in [6.07, 6.45) is 0.959. The van der Waals surface area contributed by atoms with Crippen molar-refractivity contribution in [1.82, 2.24) is 19.7 Å². The Morgan fingerprint density at radius 1 is 1.21 bits per heavy atom. The van der Waals surface area contributed by atoms with Crippen LogP contribution in [-0.2, 0) is 16.1 Å². The first-order chi connectivity index (χ1) is 18.6. The lowest BCUT2D eigenvalue weighted by molar-refractivity contribution is -0.146. The van der Waals surface area contributed by atoms with E-state index in [9.17, 15) is 18.0 Å². The predicted molar refractivity (Wildman–Crippen MR) is 142 cm³/mol. The standard InChI is InChI=1S/C29H36F3N5O2/c1-29(2,3)25(36(14-13-21(33)17-30)28(38)24-10-7-15-39-24)27-34-26(22-16-20(31)11-12-23(22)32)35-37(27)18-19-8-5-4-6-9-19/h4-6,8-9,11-12,16,21,24-25H,7,10,13-15,17-18,33H2,1-3H3/t21?,24-,25-/m0/s1. The Kier molecular flexibility index (Phi) is 9.07. The van der Waals surface area contributed by atoms with Crippen LogP contribution in [-0.4, -0.2) is 57.5 Å². The van der Waals surface area contributed by atoms with Crippen molar-refractivity contribution in [3.05, 3.63) is 71.6 Å². The van der Waals surface area contributed by atoms with Gasteiger partial charge < -0.3 is 15.4 Å². The van der Waals surface area contributed by atoms with Gasteiger partial charge in [0.05, 0.1) is 18.2 Å². The van der Waals surface area contributed by atoms with Gasteiger partial charge in [0.15, 0.2) is 11.6 Å². The molecule has 0 aliphatic carbocycles. The van der Waals surface area contributed by atoms with E-state index in [1.807, 2.05) is 51.1 Å². The summed E-state index contributed by atoms with van der Waals surface area (Å²) >= 11 is 0.